The van der Waals surface area contributed by atoms with Crippen molar-refractivity contribution in [2.45, 2.75) is 245 Å². The van der Waals surface area contributed by atoms with Gasteiger partial charge in [0, 0.05) is 141 Å². The van der Waals surface area contributed by atoms with Crippen molar-refractivity contribution >= 4 is 38.9 Å². The Balaban J connectivity index is 0.000000108. The first kappa shape index (κ1) is 92.4. The van der Waals surface area contributed by atoms with Crippen LogP contribution in [0.5, 0.6) is 0 Å². The number of carbonyl (C=O) groups is 3. The number of hydrogen-bond acceptors (Lipinski definition) is 13. The number of halogens is 1. The fourth-order valence-corrected chi connectivity index (χ4v) is 32.1. The summed E-state index contributed by atoms with van der Waals surface area (Å²) in [6.45, 7) is 21.0. The molecular weight excluding hydrogens is 1640 g/mol. The molecule has 11 aliphatic heterocycles. The van der Waals surface area contributed by atoms with E-state index in [9.17, 15) is 36.6 Å². The lowest BCUT2D eigenvalue weighted by Crippen LogP contribution is -2.66. The van der Waals surface area contributed by atoms with Gasteiger partial charge in [0.1, 0.15) is 25.5 Å². The van der Waals surface area contributed by atoms with Crippen molar-refractivity contribution in [1.82, 2.24) is 60.1 Å². The van der Waals surface area contributed by atoms with E-state index < -0.39 is 25.8 Å². The van der Waals surface area contributed by atoms with Crippen molar-refractivity contribution < 1.29 is 41.3 Å². The molecule has 27 rings (SSSR count). The number of hydrogen-bond donors (Lipinski definition) is 7. The van der Waals surface area contributed by atoms with E-state index in [2.05, 4.69) is 181 Å². The summed E-state index contributed by atoms with van der Waals surface area (Å²) in [6, 6.07) is 50.7. The van der Waals surface area contributed by atoms with Crippen LogP contribution in [0.15, 0.2) is 146 Å². The monoisotopic (exact) mass is 1790 g/mol. The summed E-state index contributed by atoms with van der Waals surface area (Å²) in [4.78, 5) is 52.5. The van der Waals surface area contributed by atoms with Crippen molar-refractivity contribution in [2.75, 3.05) is 137 Å². The number of urea groups is 1. The largest absolute Gasteiger partial charge is 0.352 e. The summed E-state index contributed by atoms with van der Waals surface area (Å²) < 4.78 is 59.6. The Labute approximate surface area is 767 Å². The highest BCUT2D eigenvalue weighted by atomic mass is 32.2. The second kappa shape index (κ2) is 42.7. The normalized spacial score (nSPS) is 35.6. The Morgan fingerprint density at radius 1 is 0.391 bits per heavy atom. The topological polar surface area (TPSA) is 214 Å². The minimum atomic E-state index is -3.23. The number of benzene rings is 5. The number of nitrogens with one attached hydrogen (secondary N) is 6. The van der Waals surface area contributed by atoms with Crippen LogP contribution in [-0.4, -0.2) is 253 Å². The molecule has 23 heteroatoms. The third-order valence-electron chi connectivity index (χ3n) is 34.4. The molecule has 22 fully saturated rings. The molecule has 5 aromatic carbocycles. The van der Waals surface area contributed by atoms with Crippen LogP contribution in [0.1, 0.15) is 195 Å². The molecule has 128 heavy (non-hydrogen) atoms. The van der Waals surface area contributed by atoms with Gasteiger partial charge in [-0.15, -0.1) is 0 Å². The van der Waals surface area contributed by atoms with E-state index in [0.717, 1.165) is 250 Å². The predicted octanol–water partition coefficient (Wildman–Crippen LogP) is 13.5. The van der Waals surface area contributed by atoms with Gasteiger partial charge in [-0.25, -0.2) is 36.5 Å². The second-order valence-electron chi connectivity index (χ2n) is 43.6. The lowest BCUT2D eigenvalue weighted by atomic mass is 9.56. The minimum absolute atomic E-state index is 0.0773. The van der Waals surface area contributed by atoms with E-state index in [1.54, 1.807) is 0 Å². The molecule has 0 spiro atoms. The molecule has 9 atom stereocenters. The summed E-state index contributed by atoms with van der Waals surface area (Å²) in [6.07, 6.45) is 35.9. The zero-order valence-corrected chi connectivity index (χ0v) is 78.4. The minimum Gasteiger partial charge on any atom is -0.352 e. The van der Waals surface area contributed by atoms with E-state index in [1.165, 1.54) is 144 Å². The van der Waals surface area contributed by atoms with E-state index in [0.29, 0.717) is 77.9 Å². The maximum atomic E-state index is 13.4. The highest BCUT2D eigenvalue weighted by Crippen LogP contribution is 2.60. The van der Waals surface area contributed by atoms with Crippen molar-refractivity contribution in [3.05, 3.63) is 179 Å². The molecule has 11 saturated heterocycles. The fraction of sp³-hybridized carbons (Fsp3) is 0.686. The van der Waals surface area contributed by atoms with Gasteiger partial charge in [-0.2, -0.15) is 4.65 Å². The Bertz CT molecular complexity index is 4350. The molecule has 14 bridgehead atoms. The van der Waals surface area contributed by atoms with E-state index in [-0.39, 0.29) is 45.3 Å². The standard InChI is InChI=1S/C22H32N2O2S.C22H32N2OS.C21H30N2O.C20H29FN4O2.C20H29N3O/c25-27(26,22-13-18-10-19(14-22)12-20(11-18)15-22)23-21-7-9-24(16-21)8-6-17-4-2-1-3-5-17;25-26(22-13-18-10-19(14-22)12-20(11-18)15-22)23-21-7-9-24(16-21)8-6-17-4-2-1-3-5-17;24-21(20-14-17-6-8-18(20)9-7-17)22-19-11-13-23(15-19)12-10-16-4-2-1-3-5-16;21-17-3-1-15(2-4-17)5-9-24-10-6-18(13-24)22-20(26)23-19-14-25(27)11-7-16(19)8-12-25;24-20(19-15-23-11-7-17(19)8-12-23)21-18-9-13-22(14-18)10-6-16-4-2-1-3-5-16/h1-5,18-21,23H,6-16H2;1-5,18-21,23H,6-16H2;1-5,17-20H,6-15H2,(H,22,24);1-4,16,18-19,27H,5-14H2,(H-,22,23,26);1-5,17-19H,6-15H2,(H,21,24)/p+1/t18?,19?,20?,21-,22?;18?,19?,20?,21-,22?,26?;17?,18?,19-,20?;16?,18-,19?,25?;18-,19?/m00000/s1. The zero-order valence-electron chi connectivity index (χ0n) is 76.7. The first-order valence-electron chi connectivity index (χ1n) is 51.0. The number of quaternary nitrogens is 1. The SMILES string of the molecule is O=C(NC1C[N+]2(O)CCC1CC2)N[C@H]1CCN(CCc2ccc(F)cc2)C1.O=C(N[C@H]1CCN(CCc2ccccc2)C1)C1CC2CCC1CC2.O=C(N[C@H]1CCN(CCc2ccccc2)C1)C1CN2CCC1CC2.O=S(=O)(N[C@H]1CCN(CCc2ccccc2)C1)C12CC3CC(CC(C3)C1)C2.O=S(N[C@H]1CCN(CCc2ccccc2)C1)C12CC3CC(CC(C3)C1)C2. The molecule has 7 N–H and O–H groups in total. The molecule has 0 aromatic heterocycles. The van der Waals surface area contributed by atoms with Crippen LogP contribution < -0.4 is 30.7 Å². The van der Waals surface area contributed by atoms with Gasteiger partial charge in [0.05, 0.1) is 32.4 Å². The molecule has 698 valence electrons. The van der Waals surface area contributed by atoms with Gasteiger partial charge in [-0.05, 0) is 299 Å². The number of nitrogens with zero attached hydrogens (tertiary/aromatic N) is 7. The van der Waals surface area contributed by atoms with Gasteiger partial charge in [-0.3, -0.25) is 9.59 Å². The van der Waals surface area contributed by atoms with Gasteiger partial charge >= 0.3 is 6.03 Å². The lowest BCUT2D eigenvalue weighted by Gasteiger charge is -2.56. The lowest BCUT2D eigenvalue weighted by molar-refractivity contribution is -1.11. The number of rotatable bonds is 27. The first-order valence-corrected chi connectivity index (χ1v) is 53.6. The highest BCUT2D eigenvalue weighted by molar-refractivity contribution is 7.91. The molecule has 4 amide bonds. The molecule has 11 aliphatic carbocycles. The number of amides is 4. The molecule has 11 heterocycles. The van der Waals surface area contributed by atoms with Gasteiger partial charge in [0.15, 0.2) is 0 Å². The van der Waals surface area contributed by atoms with Crippen molar-refractivity contribution in [1.29, 1.82) is 0 Å². The summed E-state index contributed by atoms with van der Waals surface area (Å²) >= 11 is 0. The molecule has 0 radical (unpaired) electrons. The number of fused-ring (bicyclic) bond motifs is 9. The third kappa shape index (κ3) is 24.2. The predicted molar refractivity (Wildman–Crippen MR) is 507 cm³/mol. The summed E-state index contributed by atoms with van der Waals surface area (Å²) in [5.74, 6) is 8.28. The van der Waals surface area contributed by atoms with Crippen LogP contribution >= 0.6 is 0 Å². The quantitative estimate of drug-likeness (QED) is 0.0244. The number of piperidine rings is 6. The Kier molecular flexibility index (Phi) is 30.8. The van der Waals surface area contributed by atoms with Crippen LogP contribution in [0.4, 0.5) is 9.18 Å². The highest BCUT2D eigenvalue weighted by Gasteiger charge is 2.59. The first-order chi connectivity index (χ1) is 62.2. The summed E-state index contributed by atoms with van der Waals surface area (Å²) in [5, 5.41) is 23.4. The van der Waals surface area contributed by atoms with Crippen molar-refractivity contribution in [2.24, 2.45) is 71.0 Å². The van der Waals surface area contributed by atoms with Crippen LogP contribution in [0.25, 0.3) is 0 Å². The van der Waals surface area contributed by atoms with E-state index in [4.69, 9.17) is 0 Å². The Morgan fingerprint density at radius 2 is 0.766 bits per heavy atom. The molecule has 22 aliphatic rings. The summed E-state index contributed by atoms with van der Waals surface area (Å²) in [5.41, 5.74) is 6.71. The zero-order chi connectivity index (χ0) is 87.6. The molecule has 20 nitrogen and oxygen atoms in total. The van der Waals surface area contributed by atoms with Crippen LogP contribution in [0, 0.1) is 76.8 Å². The van der Waals surface area contributed by atoms with Gasteiger partial charge in [-0.1, -0.05) is 146 Å². The van der Waals surface area contributed by atoms with Crippen LogP contribution in [0.2, 0.25) is 0 Å². The van der Waals surface area contributed by atoms with E-state index >= 15 is 0 Å². The smallest absolute Gasteiger partial charge is 0.315 e. The van der Waals surface area contributed by atoms with Crippen LogP contribution in [-0.2, 0) is 62.7 Å². The molecular formula is C105H153FN13O7S2+. The van der Waals surface area contributed by atoms with Gasteiger partial charge in [0.2, 0.25) is 21.8 Å². The number of hydroxylamine groups is 3. The Hall–Kier alpha value is -6.06. The third-order valence-corrected chi connectivity index (χ3v) is 38.5. The summed E-state index contributed by atoms with van der Waals surface area (Å²) in [7, 11) is -4.08. The fourth-order valence-electron chi connectivity index (χ4n) is 27.9. The van der Waals surface area contributed by atoms with Crippen LogP contribution in [0.3, 0.4) is 0 Å². The van der Waals surface area contributed by atoms with Gasteiger partial charge in [0.25, 0.3) is 0 Å². The average Bonchev–Trinajstić information content (AvgIpc) is 0.813. The molecule has 4 unspecified atom stereocenters. The van der Waals surface area contributed by atoms with Crippen molar-refractivity contribution in [3.8, 4) is 0 Å². The number of carbonyl (C=O) groups excluding carboxylic acids is 3. The van der Waals surface area contributed by atoms with E-state index in [1.807, 2.05) is 12.1 Å². The van der Waals surface area contributed by atoms with Crippen molar-refractivity contribution in [3.63, 3.8) is 0 Å². The number of likely N-dealkylation sites (tertiary alicyclic amines) is 5. The average molecular weight is 1790 g/mol. The van der Waals surface area contributed by atoms with Gasteiger partial charge < -0.3 is 50.7 Å². The number of sulfonamides is 1. The molecule has 11 saturated carbocycles. The Morgan fingerprint density at radius 3 is 1.17 bits per heavy atom. The maximum Gasteiger partial charge on any atom is 0.315 e. The second-order valence-corrected chi connectivity index (χ2v) is 47.4. The maximum absolute atomic E-state index is 13.4. The molecule has 5 aromatic rings.